The van der Waals surface area contributed by atoms with Crippen LogP contribution in [-0.4, -0.2) is 31.7 Å². The van der Waals surface area contributed by atoms with Crippen molar-refractivity contribution < 1.29 is 13.2 Å². The number of amides is 1. The molecule has 1 heterocycles. The van der Waals surface area contributed by atoms with Gasteiger partial charge in [0.1, 0.15) is 6.54 Å². The number of aryl methyl sites for hydroxylation is 2. The molecule has 0 atom stereocenters. The standard InChI is InChI=1S/C28H26Cl2N4O3S/c1-19-9-11-25(12-10-19)34-20(2)13-22(21(34)3)17-31-32-28(35)18-33(26-15-23(29)14-24(30)16-26)38(36,37)27-7-5-4-6-8-27/h4-17H,18H2,1-3H3,(H,32,35)/b31-17-. The fraction of sp³-hybridized carbons (Fsp3) is 0.143. The molecular weight excluding hydrogens is 543 g/mol. The molecule has 7 nitrogen and oxygen atoms in total. The molecule has 1 N–H and O–H groups in total. The molecule has 0 saturated heterocycles. The third-order valence-corrected chi connectivity index (χ3v) is 8.13. The van der Waals surface area contributed by atoms with E-state index in [0.717, 1.165) is 26.9 Å². The van der Waals surface area contributed by atoms with Gasteiger partial charge in [-0.25, -0.2) is 13.8 Å². The Hall–Kier alpha value is -3.59. The summed E-state index contributed by atoms with van der Waals surface area (Å²) in [6.07, 6.45) is 1.54. The Bertz CT molecular complexity index is 1580. The molecule has 3 aromatic carbocycles. The zero-order valence-corrected chi connectivity index (χ0v) is 23.3. The van der Waals surface area contributed by atoms with E-state index < -0.39 is 22.5 Å². The molecule has 0 aliphatic carbocycles. The molecule has 0 saturated carbocycles. The highest BCUT2D eigenvalue weighted by molar-refractivity contribution is 7.92. The van der Waals surface area contributed by atoms with Gasteiger partial charge in [0, 0.05) is 32.7 Å². The number of hydrogen-bond acceptors (Lipinski definition) is 4. The number of aromatic nitrogens is 1. The molecule has 0 unspecified atom stereocenters. The van der Waals surface area contributed by atoms with Crippen LogP contribution in [0.1, 0.15) is 22.5 Å². The first-order valence-electron chi connectivity index (χ1n) is 11.7. The maximum absolute atomic E-state index is 13.4. The Balaban J connectivity index is 1.56. The van der Waals surface area contributed by atoms with Crippen molar-refractivity contribution in [3.8, 4) is 5.69 Å². The van der Waals surface area contributed by atoms with E-state index in [1.807, 2.05) is 51.1 Å². The lowest BCUT2D eigenvalue weighted by Crippen LogP contribution is -2.39. The average Bonchev–Trinajstić information content (AvgIpc) is 3.15. The first-order valence-corrected chi connectivity index (χ1v) is 13.9. The van der Waals surface area contributed by atoms with Crippen molar-refractivity contribution in [2.45, 2.75) is 25.7 Å². The van der Waals surface area contributed by atoms with E-state index in [1.165, 1.54) is 42.1 Å². The number of carbonyl (C=O) groups is 1. The summed E-state index contributed by atoms with van der Waals surface area (Å²) >= 11 is 12.3. The van der Waals surface area contributed by atoms with Crippen LogP contribution in [0.5, 0.6) is 0 Å². The number of carbonyl (C=O) groups excluding carboxylic acids is 1. The number of sulfonamides is 1. The second-order valence-corrected chi connectivity index (χ2v) is 11.5. The molecule has 1 aromatic heterocycles. The second-order valence-electron chi connectivity index (χ2n) is 8.74. The third kappa shape index (κ3) is 6.10. The number of rotatable bonds is 8. The van der Waals surface area contributed by atoms with Crippen LogP contribution in [0.4, 0.5) is 5.69 Å². The fourth-order valence-corrected chi connectivity index (χ4v) is 6.01. The Labute approximate surface area is 232 Å². The molecule has 1 amide bonds. The van der Waals surface area contributed by atoms with Crippen molar-refractivity contribution in [3.63, 3.8) is 0 Å². The minimum Gasteiger partial charge on any atom is -0.318 e. The van der Waals surface area contributed by atoms with Crippen LogP contribution in [0.2, 0.25) is 10.0 Å². The van der Waals surface area contributed by atoms with Gasteiger partial charge in [-0.1, -0.05) is 59.1 Å². The Morgan fingerprint density at radius 1 is 0.947 bits per heavy atom. The lowest BCUT2D eigenvalue weighted by molar-refractivity contribution is -0.119. The maximum Gasteiger partial charge on any atom is 0.264 e. The summed E-state index contributed by atoms with van der Waals surface area (Å²) in [6, 6.07) is 22.3. The highest BCUT2D eigenvalue weighted by atomic mass is 35.5. The summed E-state index contributed by atoms with van der Waals surface area (Å²) in [5, 5.41) is 4.57. The van der Waals surface area contributed by atoms with Crippen molar-refractivity contribution in [1.29, 1.82) is 0 Å². The van der Waals surface area contributed by atoms with Gasteiger partial charge in [-0.3, -0.25) is 9.10 Å². The van der Waals surface area contributed by atoms with Gasteiger partial charge in [0.25, 0.3) is 15.9 Å². The van der Waals surface area contributed by atoms with E-state index in [2.05, 4.69) is 15.1 Å². The van der Waals surface area contributed by atoms with E-state index >= 15 is 0 Å². The molecule has 196 valence electrons. The minimum atomic E-state index is -4.10. The van der Waals surface area contributed by atoms with Crippen molar-refractivity contribution in [2.24, 2.45) is 5.10 Å². The number of hydrazone groups is 1. The summed E-state index contributed by atoms with van der Waals surface area (Å²) in [6.45, 7) is 5.46. The van der Waals surface area contributed by atoms with Crippen molar-refractivity contribution in [2.75, 3.05) is 10.8 Å². The molecule has 38 heavy (non-hydrogen) atoms. The van der Waals surface area contributed by atoms with Crippen molar-refractivity contribution >= 4 is 51.0 Å². The van der Waals surface area contributed by atoms with Crippen molar-refractivity contribution in [3.05, 3.63) is 111 Å². The predicted octanol–water partition coefficient (Wildman–Crippen LogP) is 6.05. The minimum absolute atomic E-state index is 0.0240. The van der Waals surface area contributed by atoms with Gasteiger partial charge in [0.2, 0.25) is 0 Å². The normalized spacial score (nSPS) is 11.6. The highest BCUT2D eigenvalue weighted by Gasteiger charge is 2.27. The number of benzene rings is 3. The largest absolute Gasteiger partial charge is 0.318 e. The van der Waals surface area contributed by atoms with Crippen LogP contribution in [-0.2, 0) is 14.8 Å². The van der Waals surface area contributed by atoms with Crippen molar-refractivity contribution in [1.82, 2.24) is 9.99 Å². The van der Waals surface area contributed by atoms with Crippen LogP contribution in [0.3, 0.4) is 0 Å². The van der Waals surface area contributed by atoms with Gasteiger partial charge in [0.15, 0.2) is 0 Å². The predicted molar refractivity (Wildman–Crippen MR) is 153 cm³/mol. The zero-order chi connectivity index (χ0) is 27.4. The van der Waals surface area contributed by atoms with Gasteiger partial charge in [0.05, 0.1) is 16.8 Å². The quantitative estimate of drug-likeness (QED) is 0.207. The van der Waals surface area contributed by atoms with E-state index in [4.69, 9.17) is 23.2 Å². The number of nitrogens with one attached hydrogen (secondary N) is 1. The lowest BCUT2D eigenvalue weighted by Gasteiger charge is -2.24. The molecule has 0 bridgehead atoms. The van der Waals surface area contributed by atoms with Gasteiger partial charge < -0.3 is 4.57 Å². The summed E-state index contributed by atoms with van der Waals surface area (Å²) in [4.78, 5) is 12.9. The van der Waals surface area contributed by atoms with Gasteiger partial charge in [-0.15, -0.1) is 0 Å². The van der Waals surface area contributed by atoms with Crippen LogP contribution < -0.4 is 9.73 Å². The highest BCUT2D eigenvalue weighted by Crippen LogP contribution is 2.29. The molecule has 0 radical (unpaired) electrons. The second kappa shape index (κ2) is 11.4. The Kier molecular flexibility index (Phi) is 8.26. The van der Waals surface area contributed by atoms with Gasteiger partial charge in [-0.2, -0.15) is 5.10 Å². The van der Waals surface area contributed by atoms with Crippen LogP contribution in [0.25, 0.3) is 5.69 Å². The number of anilines is 1. The fourth-order valence-electron chi connectivity index (χ4n) is 4.07. The average molecular weight is 570 g/mol. The molecule has 10 heteroatoms. The van der Waals surface area contributed by atoms with E-state index in [9.17, 15) is 13.2 Å². The molecule has 0 aliphatic rings. The van der Waals surface area contributed by atoms with E-state index in [0.29, 0.717) is 0 Å². The SMILES string of the molecule is Cc1ccc(-n2c(C)cc(/C=N\NC(=O)CN(c3cc(Cl)cc(Cl)c3)S(=O)(=O)c3ccccc3)c2C)cc1. The van der Waals surface area contributed by atoms with Gasteiger partial charge >= 0.3 is 0 Å². The number of nitrogens with zero attached hydrogens (tertiary/aromatic N) is 3. The molecule has 4 aromatic rings. The smallest absolute Gasteiger partial charge is 0.264 e. The molecule has 0 aliphatic heterocycles. The molecule has 4 rings (SSSR count). The maximum atomic E-state index is 13.4. The van der Waals surface area contributed by atoms with Crippen LogP contribution >= 0.6 is 23.2 Å². The van der Waals surface area contributed by atoms with E-state index in [-0.39, 0.29) is 20.6 Å². The summed E-state index contributed by atoms with van der Waals surface area (Å²) in [5.41, 5.74) is 7.57. The summed E-state index contributed by atoms with van der Waals surface area (Å²) in [7, 11) is -4.10. The van der Waals surface area contributed by atoms with Crippen LogP contribution in [0, 0.1) is 20.8 Å². The lowest BCUT2D eigenvalue weighted by atomic mass is 10.2. The first kappa shape index (κ1) is 27.4. The monoisotopic (exact) mass is 568 g/mol. The van der Waals surface area contributed by atoms with Crippen LogP contribution in [0.15, 0.2) is 88.9 Å². The number of halogens is 2. The Morgan fingerprint density at radius 2 is 1.58 bits per heavy atom. The molecule has 0 spiro atoms. The molecular formula is C28H26Cl2N4O3S. The topological polar surface area (TPSA) is 83.8 Å². The summed E-state index contributed by atoms with van der Waals surface area (Å²) in [5.74, 6) is -0.635. The third-order valence-electron chi connectivity index (χ3n) is 5.91. The first-order chi connectivity index (χ1) is 18.1. The summed E-state index contributed by atoms with van der Waals surface area (Å²) < 4.78 is 29.9. The Morgan fingerprint density at radius 3 is 2.21 bits per heavy atom. The van der Waals surface area contributed by atoms with E-state index in [1.54, 1.807) is 18.2 Å². The molecule has 0 fully saturated rings. The van der Waals surface area contributed by atoms with Gasteiger partial charge in [-0.05, 0) is 69.3 Å². The zero-order valence-electron chi connectivity index (χ0n) is 21.0. The number of hydrogen-bond donors (Lipinski definition) is 1.